The van der Waals surface area contributed by atoms with Crippen LogP contribution in [0.5, 0.6) is 0 Å². The van der Waals surface area contributed by atoms with Crippen LogP contribution in [0.15, 0.2) is 21.6 Å². The number of hydrogen-bond donors (Lipinski definition) is 2. The summed E-state index contributed by atoms with van der Waals surface area (Å²) in [6.45, 7) is 1.44. The molecule has 1 saturated heterocycles. The van der Waals surface area contributed by atoms with E-state index in [1.165, 1.54) is 12.1 Å². The van der Waals surface area contributed by atoms with Crippen molar-refractivity contribution < 1.29 is 22.7 Å². The first kappa shape index (κ1) is 13.5. The Labute approximate surface area is 106 Å². The van der Waals surface area contributed by atoms with E-state index in [0.29, 0.717) is 25.7 Å². The van der Waals surface area contributed by atoms with Gasteiger partial charge in [0.05, 0.1) is 0 Å². The Bertz CT molecular complexity index is 475. The lowest BCUT2D eigenvalue weighted by atomic mass is 10.0. The van der Waals surface area contributed by atoms with Gasteiger partial charge < -0.3 is 14.3 Å². The average molecular weight is 275 g/mol. The van der Waals surface area contributed by atoms with Gasteiger partial charge in [0.1, 0.15) is 12.4 Å². The molecule has 1 aliphatic rings. The second kappa shape index (κ2) is 5.83. The molecule has 0 aliphatic carbocycles. The molecular weight excluding hydrogens is 258 g/mol. The third-order valence-electron chi connectivity index (χ3n) is 2.96. The topological polar surface area (TPSA) is 88.8 Å². The van der Waals surface area contributed by atoms with Gasteiger partial charge in [-0.1, -0.05) is 0 Å². The van der Waals surface area contributed by atoms with Crippen molar-refractivity contribution in [1.29, 1.82) is 0 Å². The Hall–Kier alpha value is -0.890. The van der Waals surface area contributed by atoms with Gasteiger partial charge in [0.2, 0.25) is 5.09 Å². The van der Waals surface area contributed by atoms with Crippen molar-refractivity contribution >= 4 is 10.0 Å². The summed E-state index contributed by atoms with van der Waals surface area (Å²) >= 11 is 0. The number of rotatable bonds is 5. The van der Waals surface area contributed by atoms with Crippen molar-refractivity contribution in [2.24, 2.45) is 5.92 Å². The Morgan fingerprint density at radius 3 is 2.67 bits per heavy atom. The third-order valence-corrected chi connectivity index (χ3v) is 4.26. The Morgan fingerprint density at radius 2 is 2.06 bits per heavy atom. The molecule has 1 aromatic rings. The molecule has 1 aromatic heterocycles. The first-order chi connectivity index (χ1) is 8.62. The molecule has 0 unspecified atom stereocenters. The minimum atomic E-state index is -3.62. The SMILES string of the molecule is O=S(=O)(NCC1CCOCC1)c1ccc(CO)o1. The number of ether oxygens (including phenoxy) is 1. The molecule has 1 aliphatic heterocycles. The molecule has 0 saturated carbocycles. The Kier molecular flexibility index (Phi) is 4.39. The van der Waals surface area contributed by atoms with Crippen LogP contribution in [-0.4, -0.2) is 33.3 Å². The molecular formula is C11H17NO5S. The second-order valence-corrected chi connectivity index (χ2v) is 5.98. The van der Waals surface area contributed by atoms with Crippen LogP contribution >= 0.6 is 0 Å². The van der Waals surface area contributed by atoms with Crippen molar-refractivity contribution in [1.82, 2.24) is 4.72 Å². The molecule has 0 spiro atoms. The summed E-state index contributed by atoms with van der Waals surface area (Å²) in [5, 5.41) is 8.67. The molecule has 2 N–H and O–H groups in total. The summed E-state index contributed by atoms with van der Waals surface area (Å²) in [7, 11) is -3.62. The molecule has 7 heteroatoms. The summed E-state index contributed by atoms with van der Waals surface area (Å²) in [6.07, 6.45) is 1.73. The summed E-state index contributed by atoms with van der Waals surface area (Å²) < 4.78 is 36.5. The fourth-order valence-corrected chi connectivity index (χ4v) is 2.90. The van der Waals surface area contributed by atoms with Crippen LogP contribution in [0.1, 0.15) is 18.6 Å². The largest absolute Gasteiger partial charge is 0.446 e. The zero-order valence-corrected chi connectivity index (χ0v) is 10.8. The maximum atomic E-state index is 11.9. The lowest BCUT2D eigenvalue weighted by molar-refractivity contribution is 0.0678. The predicted octanol–water partition coefficient (Wildman–Crippen LogP) is 0.477. The highest BCUT2D eigenvalue weighted by Gasteiger charge is 2.21. The van der Waals surface area contributed by atoms with E-state index in [1.807, 2.05) is 0 Å². The predicted molar refractivity (Wildman–Crippen MR) is 63.4 cm³/mol. The van der Waals surface area contributed by atoms with Crippen LogP contribution < -0.4 is 4.72 Å². The van der Waals surface area contributed by atoms with Crippen LogP contribution in [0.2, 0.25) is 0 Å². The van der Waals surface area contributed by atoms with Crippen molar-refractivity contribution in [3.8, 4) is 0 Å². The summed E-state index contributed by atoms with van der Waals surface area (Å²) in [5.74, 6) is 0.544. The maximum absolute atomic E-state index is 11.9. The lowest BCUT2D eigenvalue weighted by Crippen LogP contribution is -2.32. The van der Waals surface area contributed by atoms with Crippen molar-refractivity contribution in [3.05, 3.63) is 17.9 Å². The van der Waals surface area contributed by atoms with Gasteiger partial charge in [0.15, 0.2) is 0 Å². The smallest absolute Gasteiger partial charge is 0.273 e. The van der Waals surface area contributed by atoms with Gasteiger partial charge >= 0.3 is 0 Å². The monoisotopic (exact) mass is 275 g/mol. The first-order valence-electron chi connectivity index (χ1n) is 5.89. The number of aliphatic hydroxyl groups excluding tert-OH is 1. The number of nitrogens with one attached hydrogen (secondary N) is 1. The average Bonchev–Trinajstić information content (AvgIpc) is 2.87. The number of furan rings is 1. The minimum Gasteiger partial charge on any atom is -0.446 e. The molecule has 0 atom stereocenters. The third kappa shape index (κ3) is 3.32. The first-order valence-corrected chi connectivity index (χ1v) is 7.37. The lowest BCUT2D eigenvalue weighted by Gasteiger charge is -2.21. The maximum Gasteiger partial charge on any atom is 0.273 e. The van der Waals surface area contributed by atoms with E-state index in [2.05, 4.69) is 4.72 Å². The van der Waals surface area contributed by atoms with E-state index in [-0.39, 0.29) is 17.5 Å². The zero-order valence-electron chi connectivity index (χ0n) is 9.96. The van der Waals surface area contributed by atoms with Crippen LogP contribution in [0.3, 0.4) is 0 Å². The number of aliphatic hydroxyl groups is 1. The van der Waals surface area contributed by atoms with Gasteiger partial charge in [-0.05, 0) is 30.9 Å². The van der Waals surface area contributed by atoms with Gasteiger partial charge in [-0.2, -0.15) is 0 Å². The van der Waals surface area contributed by atoms with E-state index in [4.69, 9.17) is 14.3 Å². The highest BCUT2D eigenvalue weighted by molar-refractivity contribution is 7.89. The van der Waals surface area contributed by atoms with E-state index in [9.17, 15) is 8.42 Å². The Balaban J connectivity index is 1.94. The van der Waals surface area contributed by atoms with Crippen LogP contribution in [0.4, 0.5) is 0 Å². The summed E-state index contributed by atoms with van der Waals surface area (Å²) in [6, 6.07) is 2.79. The molecule has 0 aromatic carbocycles. The summed E-state index contributed by atoms with van der Waals surface area (Å²) in [4.78, 5) is 0. The molecule has 102 valence electrons. The van der Waals surface area contributed by atoms with E-state index >= 15 is 0 Å². The van der Waals surface area contributed by atoms with Gasteiger partial charge in [-0.3, -0.25) is 0 Å². The zero-order chi connectivity index (χ0) is 13.0. The molecule has 0 radical (unpaired) electrons. The fraction of sp³-hybridized carbons (Fsp3) is 0.636. The fourth-order valence-electron chi connectivity index (χ4n) is 1.84. The minimum absolute atomic E-state index is 0.154. The number of hydrogen-bond acceptors (Lipinski definition) is 5. The van der Waals surface area contributed by atoms with Gasteiger partial charge in [0, 0.05) is 19.8 Å². The van der Waals surface area contributed by atoms with E-state index < -0.39 is 10.0 Å². The molecule has 0 amide bonds. The Morgan fingerprint density at radius 1 is 1.33 bits per heavy atom. The second-order valence-electron chi connectivity index (χ2n) is 4.29. The molecule has 2 heterocycles. The van der Waals surface area contributed by atoms with Gasteiger partial charge in [0.25, 0.3) is 10.0 Å². The van der Waals surface area contributed by atoms with Crippen LogP contribution in [0.25, 0.3) is 0 Å². The molecule has 1 fully saturated rings. The van der Waals surface area contributed by atoms with Gasteiger partial charge in [-0.25, -0.2) is 13.1 Å². The van der Waals surface area contributed by atoms with Crippen LogP contribution in [-0.2, 0) is 21.4 Å². The van der Waals surface area contributed by atoms with Crippen LogP contribution in [0, 0.1) is 5.92 Å². The van der Waals surface area contributed by atoms with Crippen molar-refractivity contribution in [2.75, 3.05) is 19.8 Å². The quantitative estimate of drug-likeness (QED) is 0.815. The highest BCUT2D eigenvalue weighted by Crippen LogP contribution is 2.17. The standard InChI is InChI=1S/C11H17NO5S/c13-8-10-1-2-11(17-10)18(14,15)12-7-9-3-5-16-6-4-9/h1-2,9,12-13H,3-8H2. The highest BCUT2D eigenvalue weighted by atomic mass is 32.2. The molecule has 6 nitrogen and oxygen atoms in total. The normalized spacial score (nSPS) is 18.1. The number of sulfonamides is 1. The van der Waals surface area contributed by atoms with E-state index in [0.717, 1.165) is 12.8 Å². The van der Waals surface area contributed by atoms with E-state index in [1.54, 1.807) is 0 Å². The molecule has 0 bridgehead atoms. The molecule has 18 heavy (non-hydrogen) atoms. The molecule has 2 rings (SSSR count). The van der Waals surface area contributed by atoms with Crippen molar-refractivity contribution in [3.63, 3.8) is 0 Å². The van der Waals surface area contributed by atoms with Gasteiger partial charge in [-0.15, -0.1) is 0 Å². The van der Waals surface area contributed by atoms with Crippen molar-refractivity contribution in [2.45, 2.75) is 24.5 Å². The summed E-state index contributed by atoms with van der Waals surface area (Å²) in [5.41, 5.74) is 0.